The maximum absolute atomic E-state index is 12.6. The fourth-order valence-electron chi connectivity index (χ4n) is 3.03. The molecular formula is C23H30N2O3. The molecule has 0 aliphatic carbocycles. The van der Waals surface area contributed by atoms with Crippen LogP contribution in [-0.4, -0.2) is 42.5 Å². The molecule has 5 nitrogen and oxygen atoms in total. The molecule has 0 radical (unpaired) electrons. The van der Waals surface area contributed by atoms with Gasteiger partial charge in [-0.3, -0.25) is 4.79 Å². The first-order valence-electron chi connectivity index (χ1n) is 9.81. The van der Waals surface area contributed by atoms with Crippen molar-refractivity contribution in [3.05, 3.63) is 65.7 Å². The summed E-state index contributed by atoms with van der Waals surface area (Å²) >= 11 is 0. The first-order chi connectivity index (χ1) is 13.5. The van der Waals surface area contributed by atoms with Crippen LogP contribution in [0.3, 0.4) is 0 Å². The van der Waals surface area contributed by atoms with Crippen LogP contribution in [0.1, 0.15) is 43.6 Å². The second-order valence-electron chi connectivity index (χ2n) is 6.90. The van der Waals surface area contributed by atoms with Crippen molar-refractivity contribution in [2.24, 2.45) is 0 Å². The molecule has 0 saturated heterocycles. The predicted molar refractivity (Wildman–Crippen MR) is 112 cm³/mol. The summed E-state index contributed by atoms with van der Waals surface area (Å²) in [6.07, 6.45) is 0. The minimum Gasteiger partial charge on any atom is -0.452 e. The zero-order valence-corrected chi connectivity index (χ0v) is 17.2. The first kappa shape index (κ1) is 21.5. The Morgan fingerprint density at radius 2 is 1.54 bits per heavy atom. The molecule has 0 aliphatic heterocycles. The Hall–Kier alpha value is -2.82. The van der Waals surface area contributed by atoms with Gasteiger partial charge in [0.2, 0.25) is 0 Å². The minimum atomic E-state index is -0.483. The lowest BCUT2D eigenvalue weighted by molar-refractivity contribution is -0.136. The molecule has 0 atom stereocenters. The van der Waals surface area contributed by atoms with Crippen LogP contribution in [0.5, 0.6) is 0 Å². The molecule has 2 aromatic carbocycles. The molecule has 2 aromatic rings. The summed E-state index contributed by atoms with van der Waals surface area (Å²) in [5.74, 6) is -0.685. The molecule has 0 N–H and O–H groups in total. The minimum absolute atomic E-state index is 0.0137. The number of hydrogen-bond acceptors (Lipinski definition) is 4. The molecule has 1 amide bonds. The van der Waals surface area contributed by atoms with Gasteiger partial charge in [0, 0.05) is 31.4 Å². The van der Waals surface area contributed by atoms with Crippen molar-refractivity contribution in [1.82, 2.24) is 4.90 Å². The molecule has 0 saturated carbocycles. The van der Waals surface area contributed by atoms with Crippen molar-refractivity contribution in [3.63, 3.8) is 0 Å². The van der Waals surface area contributed by atoms with Crippen LogP contribution < -0.4 is 4.90 Å². The van der Waals surface area contributed by atoms with E-state index in [1.54, 1.807) is 17.0 Å². The van der Waals surface area contributed by atoms with E-state index in [0.717, 1.165) is 24.3 Å². The highest BCUT2D eigenvalue weighted by molar-refractivity contribution is 5.91. The first-order valence-corrected chi connectivity index (χ1v) is 9.81. The zero-order chi connectivity index (χ0) is 20.5. The highest BCUT2D eigenvalue weighted by Crippen LogP contribution is 2.16. The molecule has 0 aliphatic rings. The van der Waals surface area contributed by atoms with Gasteiger partial charge >= 0.3 is 5.97 Å². The average molecular weight is 383 g/mol. The fourth-order valence-corrected chi connectivity index (χ4v) is 3.03. The Morgan fingerprint density at radius 1 is 0.929 bits per heavy atom. The maximum Gasteiger partial charge on any atom is 0.338 e. The van der Waals surface area contributed by atoms with E-state index in [0.29, 0.717) is 12.1 Å². The zero-order valence-electron chi connectivity index (χ0n) is 17.2. The molecule has 0 heterocycles. The van der Waals surface area contributed by atoms with E-state index in [9.17, 15) is 9.59 Å². The number of benzene rings is 2. The van der Waals surface area contributed by atoms with Gasteiger partial charge in [0.1, 0.15) is 0 Å². The number of nitrogens with zero attached hydrogens (tertiary/aromatic N) is 2. The molecule has 0 spiro atoms. The van der Waals surface area contributed by atoms with Crippen molar-refractivity contribution < 1.29 is 14.3 Å². The Kier molecular flexibility index (Phi) is 8.05. The van der Waals surface area contributed by atoms with Gasteiger partial charge in [0.25, 0.3) is 5.91 Å². The smallest absolute Gasteiger partial charge is 0.338 e. The van der Waals surface area contributed by atoms with Crippen molar-refractivity contribution in [3.8, 4) is 0 Å². The van der Waals surface area contributed by atoms with E-state index in [2.05, 4.69) is 18.7 Å². The molecule has 28 heavy (non-hydrogen) atoms. The normalized spacial score (nSPS) is 10.6. The van der Waals surface area contributed by atoms with Gasteiger partial charge in [-0.1, -0.05) is 30.3 Å². The summed E-state index contributed by atoms with van der Waals surface area (Å²) in [7, 11) is 0. The second kappa shape index (κ2) is 10.5. The monoisotopic (exact) mass is 382 g/mol. The van der Waals surface area contributed by atoms with Crippen LogP contribution in [0.4, 0.5) is 5.69 Å². The Labute approximate surface area is 167 Å². The summed E-state index contributed by atoms with van der Waals surface area (Å²) in [6.45, 7) is 10.1. The predicted octanol–water partition coefficient (Wildman–Crippen LogP) is 4.13. The van der Waals surface area contributed by atoms with Crippen molar-refractivity contribution in [2.45, 2.75) is 40.3 Å². The Bertz CT molecular complexity index is 753. The van der Waals surface area contributed by atoms with Crippen molar-refractivity contribution >= 4 is 17.6 Å². The number of amides is 1. The van der Waals surface area contributed by atoms with Gasteiger partial charge in [-0.05, 0) is 57.5 Å². The molecular weight excluding hydrogens is 352 g/mol. The number of rotatable bonds is 9. The summed E-state index contributed by atoms with van der Waals surface area (Å²) < 4.78 is 5.27. The fraction of sp³-hybridized carbons (Fsp3) is 0.391. The van der Waals surface area contributed by atoms with E-state index < -0.39 is 5.97 Å². The largest absolute Gasteiger partial charge is 0.452 e. The van der Waals surface area contributed by atoms with Crippen LogP contribution in [0, 0.1) is 0 Å². The lowest BCUT2D eigenvalue weighted by atomic mass is 10.2. The molecule has 0 aromatic heterocycles. The number of esters is 1. The van der Waals surface area contributed by atoms with Gasteiger partial charge in [-0.25, -0.2) is 4.79 Å². The number of ether oxygens (including phenoxy) is 1. The summed E-state index contributed by atoms with van der Waals surface area (Å²) in [5.41, 5.74) is 2.55. The molecule has 150 valence electrons. The van der Waals surface area contributed by atoms with Gasteiger partial charge < -0.3 is 14.5 Å². The molecule has 5 heteroatoms. The third-order valence-corrected chi connectivity index (χ3v) is 4.70. The van der Waals surface area contributed by atoms with Gasteiger partial charge in [-0.2, -0.15) is 0 Å². The number of anilines is 1. The Morgan fingerprint density at radius 3 is 2.07 bits per heavy atom. The highest BCUT2D eigenvalue weighted by Gasteiger charge is 2.19. The van der Waals surface area contributed by atoms with Crippen LogP contribution in [0.25, 0.3) is 0 Å². The lowest BCUT2D eigenvalue weighted by Crippen LogP contribution is -2.39. The number of hydrogen-bond donors (Lipinski definition) is 0. The van der Waals surface area contributed by atoms with Crippen LogP contribution >= 0.6 is 0 Å². The van der Waals surface area contributed by atoms with Crippen molar-refractivity contribution in [2.75, 3.05) is 24.6 Å². The molecule has 0 unspecified atom stereocenters. The van der Waals surface area contributed by atoms with E-state index >= 15 is 0 Å². The van der Waals surface area contributed by atoms with Crippen LogP contribution in [0.2, 0.25) is 0 Å². The summed E-state index contributed by atoms with van der Waals surface area (Å²) in [6, 6.07) is 17.1. The van der Waals surface area contributed by atoms with Gasteiger partial charge in [0.05, 0.1) is 5.56 Å². The summed E-state index contributed by atoms with van der Waals surface area (Å²) in [4.78, 5) is 28.8. The lowest BCUT2D eigenvalue weighted by Gasteiger charge is -2.26. The van der Waals surface area contributed by atoms with E-state index in [4.69, 9.17) is 4.74 Å². The van der Waals surface area contributed by atoms with Crippen LogP contribution in [-0.2, 0) is 16.1 Å². The van der Waals surface area contributed by atoms with Crippen LogP contribution in [0.15, 0.2) is 54.6 Å². The number of carbonyl (C=O) groups is 2. The second-order valence-corrected chi connectivity index (χ2v) is 6.90. The SMILES string of the molecule is CCN(CC)c1ccc(C(=O)OCC(=O)N(Cc2ccccc2)C(C)C)cc1. The molecule has 0 bridgehead atoms. The third-order valence-electron chi connectivity index (χ3n) is 4.70. The maximum atomic E-state index is 12.6. The topological polar surface area (TPSA) is 49.9 Å². The van der Waals surface area contributed by atoms with Crippen molar-refractivity contribution in [1.29, 1.82) is 0 Å². The molecule has 0 fully saturated rings. The third kappa shape index (κ3) is 5.84. The molecule has 2 rings (SSSR count). The summed E-state index contributed by atoms with van der Waals surface area (Å²) in [5, 5.41) is 0. The average Bonchev–Trinajstić information content (AvgIpc) is 2.72. The van der Waals surface area contributed by atoms with Gasteiger partial charge in [-0.15, -0.1) is 0 Å². The highest BCUT2D eigenvalue weighted by atomic mass is 16.5. The van der Waals surface area contributed by atoms with E-state index in [-0.39, 0.29) is 18.6 Å². The number of carbonyl (C=O) groups excluding carboxylic acids is 2. The quantitative estimate of drug-likeness (QED) is 0.612. The van der Waals surface area contributed by atoms with E-state index in [1.807, 2.05) is 56.3 Å². The van der Waals surface area contributed by atoms with E-state index in [1.165, 1.54) is 0 Å². The van der Waals surface area contributed by atoms with Gasteiger partial charge in [0.15, 0.2) is 6.61 Å². The standard InChI is InChI=1S/C23H30N2O3/c1-5-24(6-2)21-14-12-20(13-15-21)23(27)28-17-22(26)25(18(3)4)16-19-10-8-7-9-11-19/h7-15,18H,5-6,16-17H2,1-4H3. The Balaban J connectivity index is 1.95.